The average Bonchev–Trinajstić information content (AvgIpc) is 3.50. The molecule has 0 amide bonds. The highest BCUT2D eigenvalue weighted by Crippen LogP contribution is 2.41. The number of fused-ring (bicyclic) bond motifs is 1. The zero-order chi connectivity index (χ0) is 31.3. The van der Waals surface area contributed by atoms with Crippen molar-refractivity contribution in [1.29, 1.82) is 0 Å². The molecule has 5 rings (SSSR count). The van der Waals surface area contributed by atoms with Gasteiger partial charge in [0.25, 0.3) is 0 Å². The molecule has 0 saturated carbocycles. The molecule has 2 unspecified atom stereocenters. The normalized spacial score (nSPS) is 17.1. The number of sulfone groups is 1. The second-order valence-corrected chi connectivity index (χ2v) is 14.1. The number of hydrogen-bond donors (Lipinski definition) is 2. The Labute approximate surface area is 262 Å². The molecule has 44 heavy (non-hydrogen) atoms. The van der Waals surface area contributed by atoms with Gasteiger partial charge in [-0.25, -0.2) is 22.8 Å². The number of ether oxygens (including phenoxy) is 2. The molecule has 4 aromatic rings. The molecule has 2 atom stereocenters. The summed E-state index contributed by atoms with van der Waals surface area (Å²) in [5, 5.41) is 7.58. The molecule has 0 radical (unpaired) electrons. The van der Waals surface area contributed by atoms with Gasteiger partial charge in [-0.15, -0.1) is 0 Å². The largest absolute Gasteiger partial charge is 0.489 e. The van der Waals surface area contributed by atoms with Gasteiger partial charge in [0.1, 0.15) is 30.3 Å². The number of nitrogens with one attached hydrogen (secondary N) is 2. The van der Waals surface area contributed by atoms with Crippen LogP contribution in [0.15, 0.2) is 79.3 Å². The van der Waals surface area contributed by atoms with Crippen LogP contribution < -0.4 is 15.4 Å². The third-order valence-electron chi connectivity index (χ3n) is 7.86. The number of nitrogens with zero attached hydrogens (tertiary/aromatic N) is 2. The summed E-state index contributed by atoms with van der Waals surface area (Å²) in [6, 6.07) is 17.4. The van der Waals surface area contributed by atoms with E-state index in [1.165, 1.54) is 18.5 Å². The van der Waals surface area contributed by atoms with Gasteiger partial charge in [0, 0.05) is 24.0 Å². The van der Waals surface area contributed by atoms with Gasteiger partial charge in [-0.1, -0.05) is 36.7 Å². The van der Waals surface area contributed by atoms with E-state index in [9.17, 15) is 12.8 Å². The topological polar surface area (TPSA) is 102 Å². The van der Waals surface area contributed by atoms with Crippen LogP contribution in [-0.4, -0.2) is 42.0 Å². The Hall–Kier alpha value is -3.73. The molecule has 0 aliphatic carbocycles. The lowest BCUT2D eigenvalue weighted by Crippen LogP contribution is -2.49. The molecule has 232 valence electrons. The molecule has 1 aliphatic rings. The Balaban J connectivity index is 1.37. The molecule has 0 saturated heterocycles. The number of aromatic nitrogens is 2. The fourth-order valence-electron chi connectivity index (χ4n) is 5.34. The minimum absolute atomic E-state index is 0.0570. The predicted molar refractivity (Wildman–Crippen MR) is 173 cm³/mol. The molecule has 1 aliphatic heterocycles. The van der Waals surface area contributed by atoms with Crippen molar-refractivity contribution in [2.45, 2.75) is 57.1 Å². The first-order chi connectivity index (χ1) is 21.1. The van der Waals surface area contributed by atoms with Crippen LogP contribution in [0, 0.1) is 5.82 Å². The summed E-state index contributed by atoms with van der Waals surface area (Å²) in [5.74, 6) is 0.800. The maximum absolute atomic E-state index is 13.5. The molecular formula is C33H36ClFN4O4S. The van der Waals surface area contributed by atoms with Gasteiger partial charge in [-0.3, -0.25) is 0 Å². The summed E-state index contributed by atoms with van der Waals surface area (Å²) < 4.78 is 50.5. The summed E-state index contributed by atoms with van der Waals surface area (Å²) in [5.41, 5.74) is 2.36. The van der Waals surface area contributed by atoms with E-state index < -0.39 is 20.7 Å². The summed E-state index contributed by atoms with van der Waals surface area (Å²) in [7, 11) is -3.17. The second-order valence-electron chi connectivity index (χ2n) is 11.1. The number of hydrogen-bond acceptors (Lipinski definition) is 8. The van der Waals surface area contributed by atoms with Crippen LogP contribution in [0.4, 0.5) is 15.9 Å². The lowest BCUT2D eigenvalue weighted by molar-refractivity contribution is 0.00158. The van der Waals surface area contributed by atoms with Crippen LogP contribution in [0.2, 0.25) is 5.02 Å². The SMILES string of the molecule is CCC(NCCS(=O)(=O)C(C)C)C1(c2ccc3ncnc(Nc4ccc(OCc5cccc(F)c5)c(Cl)c4)c3c2)CC=CO1. The molecule has 2 N–H and O–H groups in total. The number of halogens is 2. The average molecular weight is 639 g/mol. The van der Waals surface area contributed by atoms with Gasteiger partial charge >= 0.3 is 0 Å². The van der Waals surface area contributed by atoms with Gasteiger partial charge < -0.3 is 20.1 Å². The van der Waals surface area contributed by atoms with Crippen molar-refractivity contribution >= 4 is 43.8 Å². The molecule has 11 heteroatoms. The quantitative estimate of drug-likeness (QED) is 0.160. The van der Waals surface area contributed by atoms with Crippen LogP contribution >= 0.6 is 11.6 Å². The Morgan fingerprint density at radius 3 is 2.66 bits per heavy atom. The molecule has 0 fully saturated rings. The van der Waals surface area contributed by atoms with Crippen molar-refractivity contribution in [3.63, 3.8) is 0 Å². The van der Waals surface area contributed by atoms with Crippen LogP contribution in [0.5, 0.6) is 5.75 Å². The van der Waals surface area contributed by atoms with Gasteiger partial charge in [-0.2, -0.15) is 0 Å². The monoisotopic (exact) mass is 638 g/mol. The highest BCUT2D eigenvalue weighted by atomic mass is 35.5. The van der Waals surface area contributed by atoms with E-state index in [1.54, 1.807) is 44.4 Å². The van der Waals surface area contributed by atoms with Gasteiger partial charge in [0.15, 0.2) is 15.4 Å². The lowest BCUT2D eigenvalue weighted by atomic mass is 9.82. The first-order valence-electron chi connectivity index (χ1n) is 14.6. The second kappa shape index (κ2) is 13.5. The highest BCUT2D eigenvalue weighted by molar-refractivity contribution is 7.92. The minimum Gasteiger partial charge on any atom is -0.489 e. The zero-order valence-electron chi connectivity index (χ0n) is 24.9. The Morgan fingerprint density at radius 1 is 1.11 bits per heavy atom. The van der Waals surface area contributed by atoms with E-state index in [-0.39, 0.29) is 24.2 Å². The van der Waals surface area contributed by atoms with Crippen molar-refractivity contribution in [3.8, 4) is 5.75 Å². The lowest BCUT2D eigenvalue weighted by Gasteiger charge is -2.38. The Kier molecular flexibility index (Phi) is 9.72. The molecule has 0 spiro atoms. The van der Waals surface area contributed by atoms with E-state index in [0.717, 1.165) is 22.9 Å². The van der Waals surface area contributed by atoms with Crippen molar-refractivity contribution in [1.82, 2.24) is 15.3 Å². The number of anilines is 2. The summed E-state index contributed by atoms with van der Waals surface area (Å²) in [4.78, 5) is 8.98. The molecule has 2 heterocycles. The highest BCUT2D eigenvalue weighted by Gasteiger charge is 2.43. The predicted octanol–water partition coefficient (Wildman–Crippen LogP) is 7.07. The van der Waals surface area contributed by atoms with Gasteiger partial charge in [0.05, 0.1) is 33.8 Å². The van der Waals surface area contributed by atoms with Gasteiger partial charge in [-0.05, 0) is 79.9 Å². The summed E-state index contributed by atoms with van der Waals surface area (Å²) in [6.07, 6.45) is 6.55. The molecule has 1 aromatic heterocycles. The van der Waals surface area contributed by atoms with E-state index in [0.29, 0.717) is 40.8 Å². The fraction of sp³-hybridized carbons (Fsp3) is 0.333. The third kappa shape index (κ3) is 6.98. The van der Waals surface area contributed by atoms with E-state index >= 15 is 0 Å². The molecular weight excluding hydrogens is 603 g/mol. The minimum atomic E-state index is -3.17. The van der Waals surface area contributed by atoms with Crippen LogP contribution in [0.1, 0.15) is 44.7 Å². The van der Waals surface area contributed by atoms with Crippen LogP contribution in [-0.2, 0) is 26.8 Å². The smallest absolute Gasteiger partial charge is 0.153 e. The number of rotatable bonds is 13. The van der Waals surface area contributed by atoms with Crippen LogP contribution in [0.3, 0.4) is 0 Å². The molecule has 8 nitrogen and oxygen atoms in total. The van der Waals surface area contributed by atoms with Crippen molar-refractivity contribution in [3.05, 3.63) is 101 Å². The maximum Gasteiger partial charge on any atom is 0.153 e. The van der Waals surface area contributed by atoms with Crippen molar-refractivity contribution < 1.29 is 22.3 Å². The summed E-state index contributed by atoms with van der Waals surface area (Å²) in [6.45, 7) is 5.97. The van der Waals surface area contributed by atoms with E-state index in [4.69, 9.17) is 21.1 Å². The Bertz CT molecular complexity index is 1760. The number of benzene rings is 3. The third-order valence-corrected chi connectivity index (χ3v) is 10.4. The van der Waals surface area contributed by atoms with E-state index in [2.05, 4.69) is 27.5 Å². The van der Waals surface area contributed by atoms with Gasteiger partial charge in [0.2, 0.25) is 0 Å². The fourth-order valence-corrected chi connectivity index (χ4v) is 6.45. The zero-order valence-corrected chi connectivity index (χ0v) is 26.5. The maximum atomic E-state index is 13.5. The molecule has 3 aromatic carbocycles. The van der Waals surface area contributed by atoms with E-state index in [1.807, 2.05) is 30.3 Å². The summed E-state index contributed by atoms with van der Waals surface area (Å²) >= 11 is 6.54. The first-order valence-corrected chi connectivity index (χ1v) is 16.7. The standard InChI is InChI=1S/C33H36ClFN4O4S/c1-4-31(36-14-16-44(40,41)22(2)3)33(13-6-15-43-33)24-9-11-29-27(18-24)32(38-21-37-29)39-26-10-12-30(28(34)19-26)42-20-23-7-5-8-25(35)17-23/h5-12,15,17-19,21-22,31,36H,4,13-14,16,20H2,1-3H3,(H,37,38,39). The molecule has 0 bridgehead atoms. The van der Waals surface area contributed by atoms with Crippen molar-refractivity contribution in [2.75, 3.05) is 17.6 Å². The first kappa shape index (κ1) is 31.7. The Morgan fingerprint density at radius 2 is 1.95 bits per heavy atom. The van der Waals surface area contributed by atoms with Crippen molar-refractivity contribution in [2.24, 2.45) is 0 Å². The van der Waals surface area contributed by atoms with Crippen LogP contribution in [0.25, 0.3) is 10.9 Å².